The Hall–Kier alpha value is -2.70. The Bertz CT molecular complexity index is 606. The first-order valence-electron chi connectivity index (χ1n) is 5.01. The van der Waals surface area contributed by atoms with E-state index in [2.05, 4.69) is 15.5 Å². The van der Waals surface area contributed by atoms with E-state index in [1.54, 1.807) is 6.92 Å². The number of aromatic nitrogens is 2. The standard InChI is InChI=1S/C11H9N3O4/c1-6-12-11(18-14-6)13-9(15)7-3-2-4-8(5-7)10(16)17/h2-5H,1H3,(H,16,17)(H,12,13,14,15). The number of hydrogen-bond donors (Lipinski definition) is 2. The topological polar surface area (TPSA) is 105 Å². The van der Waals surface area contributed by atoms with Gasteiger partial charge >= 0.3 is 12.0 Å². The molecule has 1 heterocycles. The maximum absolute atomic E-state index is 11.8. The summed E-state index contributed by atoms with van der Waals surface area (Å²) < 4.78 is 4.72. The quantitative estimate of drug-likeness (QED) is 0.847. The number of hydrogen-bond acceptors (Lipinski definition) is 5. The van der Waals surface area contributed by atoms with E-state index in [1.165, 1.54) is 24.3 Å². The molecule has 0 unspecified atom stereocenters. The van der Waals surface area contributed by atoms with Crippen molar-refractivity contribution < 1.29 is 19.2 Å². The van der Waals surface area contributed by atoms with Gasteiger partial charge in [-0.05, 0) is 25.1 Å². The summed E-state index contributed by atoms with van der Waals surface area (Å²) in [6.45, 7) is 1.62. The van der Waals surface area contributed by atoms with Crippen LogP contribution in [-0.4, -0.2) is 27.1 Å². The van der Waals surface area contributed by atoms with Crippen LogP contribution in [0.1, 0.15) is 26.5 Å². The summed E-state index contributed by atoms with van der Waals surface area (Å²) >= 11 is 0. The first-order chi connectivity index (χ1) is 8.56. The molecular formula is C11H9N3O4. The van der Waals surface area contributed by atoms with E-state index in [0.717, 1.165) is 0 Å². The lowest BCUT2D eigenvalue weighted by molar-refractivity contribution is 0.0697. The van der Waals surface area contributed by atoms with Crippen molar-refractivity contribution in [2.24, 2.45) is 0 Å². The molecule has 1 aromatic carbocycles. The summed E-state index contributed by atoms with van der Waals surface area (Å²) in [5, 5.41) is 14.7. The molecule has 7 nitrogen and oxygen atoms in total. The highest BCUT2D eigenvalue weighted by molar-refractivity contribution is 6.04. The molecule has 2 rings (SSSR count). The van der Waals surface area contributed by atoms with Gasteiger partial charge in [0.15, 0.2) is 5.82 Å². The van der Waals surface area contributed by atoms with E-state index in [4.69, 9.17) is 9.63 Å². The van der Waals surface area contributed by atoms with Gasteiger partial charge in [-0.25, -0.2) is 4.79 Å². The number of carbonyl (C=O) groups excluding carboxylic acids is 1. The Kier molecular flexibility index (Phi) is 3.05. The average molecular weight is 247 g/mol. The molecule has 0 atom stereocenters. The molecule has 0 spiro atoms. The third kappa shape index (κ3) is 2.51. The van der Waals surface area contributed by atoms with E-state index in [9.17, 15) is 9.59 Å². The van der Waals surface area contributed by atoms with Crippen LogP contribution in [0.5, 0.6) is 0 Å². The number of carbonyl (C=O) groups is 2. The van der Waals surface area contributed by atoms with Crippen molar-refractivity contribution in [1.82, 2.24) is 10.1 Å². The smallest absolute Gasteiger partial charge is 0.335 e. The summed E-state index contributed by atoms with van der Waals surface area (Å²) in [4.78, 5) is 26.3. The monoisotopic (exact) mass is 247 g/mol. The van der Waals surface area contributed by atoms with E-state index in [1.807, 2.05) is 0 Å². The highest BCUT2D eigenvalue weighted by Gasteiger charge is 2.12. The highest BCUT2D eigenvalue weighted by Crippen LogP contribution is 2.09. The molecule has 0 aliphatic heterocycles. The second kappa shape index (κ2) is 4.66. The van der Waals surface area contributed by atoms with Crippen LogP contribution in [0.15, 0.2) is 28.8 Å². The number of anilines is 1. The van der Waals surface area contributed by atoms with Crippen molar-refractivity contribution in [3.05, 3.63) is 41.2 Å². The normalized spacial score (nSPS) is 10.1. The number of aryl methyl sites for hydroxylation is 1. The molecule has 2 aromatic rings. The van der Waals surface area contributed by atoms with Crippen LogP contribution in [-0.2, 0) is 0 Å². The third-order valence-electron chi connectivity index (χ3n) is 2.12. The second-order valence-electron chi connectivity index (χ2n) is 3.49. The number of rotatable bonds is 3. The van der Waals surface area contributed by atoms with Gasteiger partial charge in [0, 0.05) is 5.56 Å². The molecule has 0 saturated carbocycles. The highest BCUT2D eigenvalue weighted by atomic mass is 16.5. The number of carboxylic acids is 1. The number of carboxylic acid groups (broad SMARTS) is 1. The van der Waals surface area contributed by atoms with E-state index < -0.39 is 11.9 Å². The van der Waals surface area contributed by atoms with Gasteiger partial charge in [-0.1, -0.05) is 11.2 Å². The van der Waals surface area contributed by atoms with Gasteiger partial charge in [0.2, 0.25) is 0 Å². The second-order valence-corrected chi connectivity index (χ2v) is 3.49. The summed E-state index contributed by atoms with van der Waals surface area (Å²) in [5.41, 5.74) is 0.232. The minimum atomic E-state index is -1.10. The van der Waals surface area contributed by atoms with Crippen LogP contribution in [0.3, 0.4) is 0 Å². The zero-order valence-corrected chi connectivity index (χ0v) is 9.38. The molecule has 92 valence electrons. The lowest BCUT2D eigenvalue weighted by atomic mass is 10.1. The molecule has 0 fully saturated rings. The predicted octanol–water partition coefficient (Wildman–Crippen LogP) is 1.33. The number of nitrogens with one attached hydrogen (secondary N) is 1. The first-order valence-corrected chi connectivity index (χ1v) is 5.01. The minimum absolute atomic E-state index is 0.0294. The molecule has 0 bridgehead atoms. The number of amides is 1. The minimum Gasteiger partial charge on any atom is -0.478 e. The van der Waals surface area contributed by atoms with Gasteiger partial charge < -0.3 is 9.63 Å². The molecule has 0 saturated heterocycles. The predicted molar refractivity (Wildman–Crippen MR) is 60.4 cm³/mol. The van der Waals surface area contributed by atoms with Gasteiger partial charge in [-0.2, -0.15) is 4.98 Å². The number of benzene rings is 1. The number of nitrogens with zero attached hydrogens (tertiary/aromatic N) is 2. The summed E-state index contributed by atoms with van der Waals surface area (Å²) in [7, 11) is 0. The Labute approximate surface area is 101 Å². The van der Waals surface area contributed by atoms with Crippen LogP contribution in [0, 0.1) is 6.92 Å². The van der Waals surface area contributed by atoms with Crippen molar-refractivity contribution in [2.45, 2.75) is 6.92 Å². The SMILES string of the molecule is Cc1noc(NC(=O)c2cccc(C(=O)O)c2)n1. The Morgan fingerprint density at radius 1 is 1.33 bits per heavy atom. The fourth-order valence-electron chi connectivity index (χ4n) is 1.31. The zero-order valence-electron chi connectivity index (χ0n) is 9.38. The summed E-state index contributed by atoms with van der Waals surface area (Å²) in [6.07, 6.45) is 0. The van der Waals surface area contributed by atoms with Gasteiger partial charge in [-0.3, -0.25) is 10.1 Å². The van der Waals surface area contributed by atoms with Crippen molar-refractivity contribution in [1.29, 1.82) is 0 Å². The van der Waals surface area contributed by atoms with Gasteiger partial charge in [0.05, 0.1) is 5.56 Å². The van der Waals surface area contributed by atoms with E-state index in [-0.39, 0.29) is 17.1 Å². The van der Waals surface area contributed by atoms with Crippen molar-refractivity contribution >= 4 is 17.9 Å². The lowest BCUT2D eigenvalue weighted by Gasteiger charge is -2.01. The van der Waals surface area contributed by atoms with Crippen LogP contribution < -0.4 is 5.32 Å². The van der Waals surface area contributed by atoms with Crippen molar-refractivity contribution in [3.8, 4) is 0 Å². The van der Waals surface area contributed by atoms with Crippen molar-refractivity contribution in [3.63, 3.8) is 0 Å². The lowest BCUT2D eigenvalue weighted by Crippen LogP contribution is -2.13. The van der Waals surface area contributed by atoms with Gasteiger partial charge in [-0.15, -0.1) is 0 Å². The van der Waals surface area contributed by atoms with E-state index in [0.29, 0.717) is 5.82 Å². The van der Waals surface area contributed by atoms with Crippen LogP contribution in [0.4, 0.5) is 6.01 Å². The molecule has 0 aliphatic rings. The Morgan fingerprint density at radius 2 is 2.06 bits per heavy atom. The molecule has 7 heteroatoms. The van der Waals surface area contributed by atoms with Crippen molar-refractivity contribution in [2.75, 3.05) is 5.32 Å². The maximum Gasteiger partial charge on any atom is 0.335 e. The fourth-order valence-corrected chi connectivity index (χ4v) is 1.31. The largest absolute Gasteiger partial charge is 0.478 e. The third-order valence-corrected chi connectivity index (χ3v) is 2.12. The van der Waals surface area contributed by atoms with Crippen LogP contribution in [0.2, 0.25) is 0 Å². The maximum atomic E-state index is 11.8. The van der Waals surface area contributed by atoms with Crippen LogP contribution in [0.25, 0.3) is 0 Å². The van der Waals surface area contributed by atoms with E-state index >= 15 is 0 Å². The van der Waals surface area contributed by atoms with Gasteiger partial charge in [0.1, 0.15) is 0 Å². The fraction of sp³-hybridized carbons (Fsp3) is 0.0909. The zero-order chi connectivity index (χ0) is 13.1. The molecule has 0 radical (unpaired) electrons. The molecule has 1 amide bonds. The first kappa shape index (κ1) is 11.8. The van der Waals surface area contributed by atoms with Crippen LogP contribution >= 0.6 is 0 Å². The Balaban J connectivity index is 2.18. The molecular weight excluding hydrogens is 238 g/mol. The summed E-state index contributed by atoms with van der Waals surface area (Å²) in [5.74, 6) is -1.22. The summed E-state index contributed by atoms with van der Waals surface area (Å²) in [6, 6.07) is 5.61. The Morgan fingerprint density at radius 3 is 2.67 bits per heavy atom. The van der Waals surface area contributed by atoms with Gasteiger partial charge in [0.25, 0.3) is 5.91 Å². The molecule has 0 aliphatic carbocycles. The molecule has 2 N–H and O–H groups in total. The number of aromatic carboxylic acids is 1. The average Bonchev–Trinajstić information content (AvgIpc) is 2.75. The molecule has 1 aromatic heterocycles. The molecule has 18 heavy (non-hydrogen) atoms.